The minimum atomic E-state index is -1.31. The van der Waals surface area contributed by atoms with E-state index in [4.69, 9.17) is 8.54 Å². The van der Waals surface area contributed by atoms with Crippen molar-refractivity contribution < 1.29 is 8.54 Å². The Morgan fingerprint density at radius 2 is 1.81 bits per heavy atom. The summed E-state index contributed by atoms with van der Waals surface area (Å²) in [6, 6.07) is 1.20. The second kappa shape index (κ2) is 10.5. The van der Waals surface area contributed by atoms with Crippen molar-refractivity contribution in [3.05, 3.63) is 0 Å². The van der Waals surface area contributed by atoms with Crippen molar-refractivity contribution in [3.8, 4) is 0 Å². The average molecular weight is 263 g/mol. The molecule has 98 valence electrons. The van der Waals surface area contributed by atoms with E-state index in [2.05, 4.69) is 27.7 Å². The van der Waals surface area contributed by atoms with Gasteiger partial charge in [0.1, 0.15) is 10.5 Å². The molecule has 4 heteroatoms. The highest BCUT2D eigenvalue weighted by Crippen LogP contribution is 2.13. The number of unbranched alkanes of at least 4 members (excludes halogenated alkanes) is 3. The quantitative estimate of drug-likeness (QED) is 0.445. The SMILES string of the molecule is CCCCCC[SiH](O[SiH3])OC(C)CC(C)C. The lowest BCUT2D eigenvalue weighted by molar-refractivity contribution is 0.164. The number of hydrogen-bond acceptors (Lipinski definition) is 2. The molecule has 0 saturated carbocycles. The summed E-state index contributed by atoms with van der Waals surface area (Å²) < 4.78 is 11.7. The predicted molar refractivity (Wildman–Crippen MR) is 77.1 cm³/mol. The molecule has 0 aromatic heterocycles. The molecule has 0 aromatic carbocycles. The molecule has 0 fully saturated rings. The molecule has 2 unspecified atom stereocenters. The van der Waals surface area contributed by atoms with Crippen LogP contribution in [0.5, 0.6) is 0 Å². The molecule has 0 aliphatic heterocycles. The summed E-state index contributed by atoms with van der Waals surface area (Å²) in [5.74, 6) is 0.721. The van der Waals surface area contributed by atoms with E-state index in [1.54, 1.807) is 0 Å². The van der Waals surface area contributed by atoms with Gasteiger partial charge in [-0.05, 0) is 25.3 Å². The van der Waals surface area contributed by atoms with Crippen LogP contribution < -0.4 is 0 Å². The van der Waals surface area contributed by atoms with Gasteiger partial charge in [0, 0.05) is 6.10 Å². The Labute approximate surface area is 106 Å². The fraction of sp³-hybridized carbons (Fsp3) is 1.00. The van der Waals surface area contributed by atoms with Gasteiger partial charge in [-0.15, -0.1) is 0 Å². The lowest BCUT2D eigenvalue weighted by Crippen LogP contribution is -2.27. The van der Waals surface area contributed by atoms with Crippen molar-refractivity contribution in [1.82, 2.24) is 0 Å². The number of rotatable bonds is 10. The third-order valence-corrected chi connectivity index (χ3v) is 6.49. The van der Waals surface area contributed by atoms with Crippen LogP contribution in [0.4, 0.5) is 0 Å². The van der Waals surface area contributed by atoms with Gasteiger partial charge in [0.2, 0.25) is 0 Å². The second-order valence-corrected chi connectivity index (χ2v) is 8.69. The van der Waals surface area contributed by atoms with Crippen LogP contribution in [0.2, 0.25) is 6.04 Å². The monoisotopic (exact) mass is 262 g/mol. The van der Waals surface area contributed by atoms with Crippen molar-refractivity contribution in [2.24, 2.45) is 5.92 Å². The first-order chi connectivity index (χ1) is 7.60. The van der Waals surface area contributed by atoms with Crippen molar-refractivity contribution in [3.63, 3.8) is 0 Å². The first kappa shape index (κ1) is 16.4. The van der Waals surface area contributed by atoms with Crippen LogP contribution in [0.1, 0.15) is 59.8 Å². The number of hydrogen-bond donors (Lipinski definition) is 0. The topological polar surface area (TPSA) is 18.5 Å². The van der Waals surface area contributed by atoms with E-state index >= 15 is 0 Å². The molecule has 0 aromatic rings. The lowest BCUT2D eigenvalue weighted by atomic mass is 10.1. The van der Waals surface area contributed by atoms with Gasteiger partial charge in [0.25, 0.3) is 0 Å². The molecule has 0 N–H and O–H groups in total. The molecule has 0 aliphatic carbocycles. The maximum atomic E-state index is 6.04. The third-order valence-electron chi connectivity index (χ3n) is 2.74. The Morgan fingerprint density at radius 1 is 1.12 bits per heavy atom. The van der Waals surface area contributed by atoms with Gasteiger partial charge in [0.05, 0.1) is 0 Å². The van der Waals surface area contributed by atoms with E-state index in [9.17, 15) is 0 Å². The molecule has 0 heterocycles. The highest BCUT2D eigenvalue weighted by Gasteiger charge is 2.15. The fourth-order valence-corrected chi connectivity index (χ4v) is 4.73. The molecular formula is C12H30O2Si2. The van der Waals surface area contributed by atoms with Crippen LogP contribution in [-0.2, 0) is 8.54 Å². The normalized spacial score (nSPS) is 15.6. The van der Waals surface area contributed by atoms with Crippen LogP contribution in [0.3, 0.4) is 0 Å². The van der Waals surface area contributed by atoms with E-state index in [1.165, 1.54) is 31.7 Å². The van der Waals surface area contributed by atoms with Crippen LogP contribution in [0, 0.1) is 5.92 Å². The Balaban J connectivity index is 3.64. The Morgan fingerprint density at radius 3 is 2.31 bits per heavy atom. The second-order valence-electron chi connectivity index (χ2n) is 5.09. The van der Waals surface area contributed by atoms with E-state index < -0.39 is 9.28 Å². The molecule has 0 aliphatic rings. The molecule has 0 amide bonds. The van der Waals surface area contributed by atoms with Crippen LogP contribution >= 0.6 is 0 Å². The summed E-state index contributed by atoms with van der Waals surface area (Å²) in [4.78, 5) is 0. The molecular weight excluding hydrogens is 232 g/mol. The highest BCUT2D eigenvalue weighted by molar-refractivity contribution is 6.48. The average Bonchev–Trinajstić information content (AvgIpc) is 2.21. The molecule has 0 spiro atoms. The van der Waals surface area contributed by atoms with Gasteiger partial charge >= 0.3 is 9.28 Å². The summed E-state index contributed by atoms with van der Waals surface area (Å²) in [6.45, 7) is 8.93. The largest absolute Gasteiger partial charge is 0.447 e. The molecule has 0 radical (unpaired) electrons. The molecule has 2 atom stereocenters. The standard InChI is InChI=1S/C12H30O2Si2/c1-5-6-7-8-9-16(14-15)13-12(4)10-11(2)3/h11-12,16H,5-10H2,1-4,15H3. The predicted octanol–water partition coefficient (Wildman–Crippen LogP) is 2.54. The van der Waals surface area contributed by atoms with Crippen molar-refractivity contribution in [2.75, 3.05) is 0 Å². The third kappa shape index (κ3) is 9.57. The van der Waals surface area contributed by atoms with Crippen molar-refractivity contribution in [1.29, 1.82) is 0 Å². The van der Waals surface area contributed by atoms with Gasteiger partial charge < -0.3 is 8.54 Å². The van der Waals surface area contributed by atoms with Gasteiger partial charge in [-0.3, -0.25) is 0 Å². The summed E-state index contributed by atoms with van der Waals surface area (Å²) in [5.41, 5.74) is 0. The minimum absolute atomic E-state index is 0.386. The zero-order valence-electron chi connectivity index (χ0n) is 11.8. The summed E-state index contributed by atoms with van der Waals surface area (Å²) in [5, 5.41) is 0. The summed E-state index contributed by atoms with van der Waals surface area (Å²) >= 11 is 0. The Kier molecular flexibility index (Phi) is 10.7. The van der Waals surface area contributed by atoms with E-state index in [1.807, 2.05) is 0 Å². The van der Waals surface area contributed by atoms with Gasteiger partial charge in [-0.2, -0.15) is 0 Å². The molecule has 0 saturated heterocycles. The van der Waals surface area contributed by atoms with Crippen molar-refractivity contribution in [2.45, 2.75) is 71.9 Å². The molecule has 0 bridgehead atoms. The van der Waals surface area contributed by atoms with E-state index in [0.717, 1.165) is 22.8 Å². The summed E-state index contributed by atoms with van der Waals surface area (Å²) in [7, 11) is -0.478. The van der Waals surface area contributed by atoms with Gasteiger partial charge in [-0.1, -0.05) is 46.5 Å². The van der Waals surface area contributed by atoms with E-state index in [-0.39, 0.29) is 0 Å². The summed E-state index contributed by atoms with van der Waals surface area (Å²) in [6.07, 6.45) is 6.83. The van der Waals surface area contributed by atoms with E-state index in [0.29, 0.717) is 6.10 Å². The van der Waals surface area contributed by atoms with Crippen LogP contribution in [0.25, 0.3) is 0 Å². The molecule has 16 heavy (non-hydrogen) atoms. The van der Waals surface area contributed by atoms with Crippen LogP contribution in [0.15, 0.2) is 0 Å². The molecule has 2 nitrogen and oxygen atoms in total. The fourth-order valence-electron chi connectivity index (χ4n) is 1.96. The van der Waals surface area contributed by atoms with Crippen molar-refractivity contribution >= 4 is 19.8 Å². The first-order valence-corrected chi connectivity index (χ1v) is 9.36. The highest BCUT2D eigenvalue weighted by atomic mass is 28.3. The smallest absolute Gasteiger partial charge is 0.310 e. The van der Waals surface area contributed by atoms with Crippen LogP contribution in [-0.4, -0.2) is 25.9 Å². The first-order valence-electron chi connectivity index (χ1n) is 6.78. The zero-order chi connectivity index (χ0) is 12.4. The Bertz CT molecular complexity index is 154. The maximum absolute atomic E-state index is 6.04. The zero-order valence-corrected chi connectivity index (χ0v) is 14.9. The Hall–Kier alpha value is 0.354. The lowest BCUT2D eigenvalue weighted by Gasteiger charge is -2.21. The molecule has 0 rings (SSSR count). The minimum Gasteiger partial charge on any atom is -0.447 e. The maximum Gasteiger partial charge on any atom is 0.310 e. The van der Waals surface area contributed by atoms with Gasteiger partial charge in [0.15, 0.2) is 0 Å². The van der Waals surface area contributed by atoms with Gasteiger partial charge in [-0.25, -0.2) is 0 Å².